The van der Waals surface area contributed by atoms with Crippen molar-refractivity contribution in [1.82, 2.24) is 0 Å². The summed E-state index contributed by atoms with van der Waals surface area (Å²) in [5, 5.41) is 0. The maximum absolute atomic E-state index is 2.43. The van der Waals surface area contributed by atoms with Crippen LogP contribution in [0.3, 0.4) is 0 Å². The van der Waals surface area contributed by atoms with Gasteiger partial charge >= 0.3 is 0 Å². The van der Waals surface area contributed by atoms with Gasteiger partial charge < -0.3 is 9.80 Å². The van der Waals surface area contributed by atoms with Gasteiger partial charge in [-0.25, -0.2) is 0 Å². The molecule has 2 heteroatoms. The molecule has 0 spiro atoms. The van der Waals surface area contributed by atoms with Crippen LogP contribution in [0.4, 0.5) is 34.1 Å². The minimum absolute atomic E-state index is 0.146. The molecule has 0 bridgehead atoms. The first-order chi connectivity index (χ1) is 33.8. The zero-order valence-corrected chi connectivity index (χ0v) is 41.8. The molecule has 2 aliphatic carbocycles. The first-order valence-corrected chi connectivity index (χ1v) is 25.1. The number of anilines is 6. The standard InChI is InChI=1S/C68H62N2/c1-45(2)49-23-30-55(31-24-49)69(53-15-11-9-12-16-53)56-34-27-51(28-35-56)52-29-39-61-59-37-21-47(41-63(59)67(5,6)65(61)43-52)19-20-48-22-38-60-62-40-36-58(44-66(62)68(7,8)64(60)42-48)70(54-17-13-10-14-18-54)57-32-25-50(26-33-57)46(3)4/h9-46H,1-8H3/b20-19+. The number of nitrogens with zero attached hydrogens (tertiary/aromatic N) is 2. The van der Waals surface area contributed by atoms with Crippen molar-refractivity contribution in [2.45, 2.75) is 78.1 Å². The summed E-state index contributed by atoms with van der Waals surface area (Å²) in [7, 11) is 0. The molecule has 0 radical (unpaired) electrons. The third-order valence-electron chi connectivity index (χ3n) is 15.2. The van der Waals surface area contributed by atoms with Gasteiger partial charge in [0.25, 0.3) is 0 Å². The lowest BCUT2D eigenvalue weighted by molar-refractivity contribution is 0.660. The quantitative estimate of drug-likeness (QED) is 0.119. The van der Waals surface area contributed by atoms with E-state index in [1.165, 1.54) is 83.6 Å². The minimum atomic E-state index is -0.165. The van der Waals surface area contributed by atoms with Gasteiger partial charge in [-0.15, -0.1) is 0 Å². The summed E-state index contributed by atoms with van der Waals surface area (Å²) in [6.07, 6.45) is 4.59. The summed E-state index contributed by atoms with van der Waals surface area (Å²) in [5.74, 6) is 0.977. The molecule has 0 atom stereocenters. The lowest BCUT2D eigenvalue weighted by atomic mass is 9.81. The summed E-state index contributed by atoms with van der Waals surface area (Å²) in [6.45, 7) is 18.5. The Bertz CT molecular complexity index is 3390. The molecule has 0 fully saturated rings. The van der Waals surface area contributed by atoms with Crippen molar-refractivity contribution in [1.29, 1.82) is 0 Å². The van der Waals surface area contributed by atoms with Gasteiger partial charge in [0.15, 0.2) is 0 Å². The molecule has 0 heterocycles. The van der Waals surface area contributed by atoms with E-state index in [9.17, 15) is 0 Å². The highest BCUT2D eigenvalue weighted by atomic mass is 15.1. The van der Waals surface area contributed by atoms with E-state index in [0.717, 1.165) is 28.4 Å². The Kier molecular flexibility index (Phi) is 11.3. The third kappa shape index (κ3) is 7.96. The average molecular weight is 907 g/mol. The highest BCUT2D eigenvalue weighted by Gasteiger charge is 2.37. The van der Waals surface area contributed by atoms with Crippen LogP contribution in [0.15, 0.2) is 206 Å². The van der Waals surface area contributed by atoms with Crippen LogP contribution in [0, 0.1) is 0 Å². The van der Waals surface area contributed by atoms with Crippen LogP contribution in [0.1, 0.15) is 112 Å². The SMILES string of the molecule is CC(C)c1ccc(N(c2ccccc2)c2ccc(-c3ccc4c(c3)C(C)(C)c3cc(/C=C/c5ccc6c(c5)C(C)(C)c5cc(N(c7ccccc7)c7ccc(C(C)C)cc7)ccc5-6)ccc3-4)cc2)cc1. The number of rotatable bonds is 11. The van der Waals surface area contributed by atoms with E-state index in [-0.39, 0.29) is 10.8 Å². The predicted molar refractivity (Wildman–Crippen MR) is 300 cm³/mol. The van der Waals surface area contributed by atoms with Crippen molar-refractivity contribution < 1.29 is 0 Å². The zero-order valence-electron chi connectivity index (χ0n) is 41.8. The Labute approximate surface area is 416 Å². The smallest absolute Gasteiger partial charge is 0.0465 e. The van der Waals surface area contributed by atoms with Crippen molar-refractivity contribution in [3.63, 3.8) is 0 Å². The van der Waals surface area contributed by atoms with E-state index in [0.29, 0.717) is 11.8 Å². The van der Waals surface area contributed by atoms with Gasteiger partial charge in [-0.05, 0) is 169 Å². The van der Waals surface area contributed by atoms with Crippen molar-refractivity contribution in [2.24, 2.45) is 0 Å². The van der Waals surface area contributed by atoms with Crippen molar-refractivity contribution >= 4 is 46.3 Å². The number of para-hydroxylation sites is 2. The summed E-state index contributed by atoms with van der Waals surface area (Å²) in [4.78, 5) is 4.73. The fourth-order valence-electron chi connectivity index (χ4n) is 11.1. The summed E-state index contributed by atoms with van der Waals surface area (Å²) in [5.41, 5.74) is 25.0. The average Bonchev–Trinajstić information content (AvgIpc) is 3.75. The van der Waals surface area contributed by atoms with Crippen LogP contribution in [-0.4, -0.2) is 0 Å². The topological polar surface area (TPSA) is 6.48 Å². The van der Waals surface area contributed by atoms with E-state index in [1.54, 1.807) is 0 Å². The van der Waals surface area contributed by atoms with Crippen LogP contribution in [0.5, 0.6) is 0 Å². The largest absolute Gasteiger partial charge is 0.311 e. The molecule has 11 rings (SSSR count). The number of benzene rings is 9. The van der Waals surface area contributed by atoms with Gasteiger partial charge in [-0.1, -0.05) is 195 Å². The second-order valence-electron chi connectivity index (χ2n) is 21.1. The third-order valence-corrected chi connectivity index (χ3v) is 15.2. The van der Waals surface area contributed by atoms with Gasteiger partial charge in [-0.2, -0.15) is 0 Å². The Balaban J connectivity index is 0.838. The van der Waals surface area contributed by atoms with Crippen molar-refractivity contribution in [3.05, 3.63) is 251 Å². The van der Waals surface area contributed by atoms with Gasteiger partial charge in [0.2, 0.25) is 0 Å². The lowest BCUT2D eigenvalue weighted by Gasteiger charge is -2.28. The second-order valence-corrected chi connectivity index (χ2v) is 21.1. The van der Waals surface area contributed by atoms with Gasteiger partial charge in [-0.3, -0.25) is 0 Å². The molecule has 0 unspecified atom stereocenters. The first kappa shape index (κ1) is 44.8. The molecular weight excluding hydrogens is 845 g/mol. The fourth-order valence-corrected chi connectivity index (χ4v) is 11.1. The molecule has 2 nitrogen and oxygen atoms in total. The molecule has 9 aromatic carbocycles. The monoisotopic (exact) mass is 906 g/mol. The van der Waals surface area contributed by atoms with E-state index in [4.69, 9.17) is 0 Å². The van der Waals surface area contributed by atoms with Crippen molar-refractivity contribution in [2.75, 3.05) is 9.80 Å². The van der Waals surface area contributed by atoms with E-state index in [1.807, 2.05) is 0 Å². The van der Waals surface area contributed by atoms with Gasteiger partial charge in [0, 0.05) is 45.0 Å². The van der Waals surface area contributed by atoms with Gasteiger partial charge in [0.1, 0.15) is 0 Å². The zero-order chi connectivity index (χ0) is 48.3. The molecule has 0 saturated carbocycles. The van der Waals surface area contributed by atoms with Crippen LogP contribution in [-0.2, 0) is 10.8 Å². The maximum Gasteiger partial charge on any atom is 0.0465 e. The molecule has 0 amide bonds. The fraction of sp³-hybridized carbons (Fsp3) is 0.176. The molecule has 344 valence electrons. The van der Waals surface area contributed by atoms with Crippen molar-refractivity contribution in [3.8, 4) is 33.4 Å². The second kappa shape index (κ2) is 17.7. The minimum Gasteiger partial charge on any atom is -0.311 e. The van der Waals surface area contributed by atoms with Crippen LogP contribution in [0.25, 0.3) is 45.5 Å². The summed E-state index contributed by atoms with van der Waals surface area (Å²) >= 11 is 0. The lowest BCUT2D eigenvalue weighted by Crippen LogP contribution is -2.16. The highest BCUT2D eigenvalue weighted by molar-refractivity contribution is 5.89. The summed E-state index contributed by atoms with van der Waals surface area (Å²) < 4.78 is 0. The molecule has 0 aliphatic heterocycles. The van der Waals surface area contributed by atoms with Gasteiger partial charge in [0.05, 0.1) is 0 Å². The number of fused-ring (bicyclic) bond motifs is 6. The predicted octanol–water partition coefficient (Wildman–Crippen LogP) is 19.3. The molecule has 0 aromatic heterocycles. The normalized spacial score (nSPS) is 13.9. The van der Waals surface area contributed by atoms with Crippen LogP contribution in [0.2, 0.25) is 0 Å². The molecule has 2 aliphatic rings. The van der Waals surface area contributed by atoms with E-state index >= 15 is 0 Å². The van der Waals surface area contributed by atoms with E-state index < -0.39 is 0 Å². The van der Waals surface area contributed by atoms with E-state index in [2.05, 4.69) is 284 Å². The molecule has 0 saturated heterocycles. The Morgan fingerprint density at radius 3 is 1.09 bits per heavy atom. The first-order valence-electron chi connectivity index (χ1n) is 25.1. The summed E-state index contributed by atoms with van der Waals surface area (Å²) in [6, 6.07) is 76.7. The Morgan fingerprint density at radius 2 is 0.643 bits per heavy atom. The number of hydrogen-bond donors (Lipinski definition) is 0. The molecule has 70 heavy (non-hydrogen) atoms. The Morgan fingerprint density at radius 1 is 0.314 bits per heavy atom. The Hall–Kier alpha value is -7.68. The number of hydrogen-bond acceptors (Lipinski definition) is 2. The van der Waals surface area contributed by atoms with Crippen LogP contribution >= 0.6 is 0 Å². The van der Waals surface area contributed by atoms with Crippen LogP contribution < -0.4 is 9.80 Å². The molecular formula is C68H62N2. The molecule has 0 N–H and O–H groups in total. The maximum atomic E-state index is 2.43. The highest BCUT2D eigenvalue weighted by Crippen LogP contribution is 2.52. The molecule has 9 aromatic rings.